The highest BCUT2D eigenvalue weighted by Crippen LogP contribution is 2.04. The van der Waals surface area contributed by atoms with Gasteiger partial charge in [-0.25, -0.2) is 0 Å². The van der Waals surface area contributed by atoms with Crippen molar-refractivity contribution in [2.45, 2.75) is 33.6 Å². The molecule has 0 fully saturated rings. The first-order valence-electron chi connectivity index (χ1n) is 4.12. The minimum absolute atomic E-state index is 1.04. The molecule has 0 bridgehead atoms. The van der Waals surface area contributed by atoms with E-state index in [2.05, 4.69) is 25.2 Å². The Morgan fingerprint density at radius 2 is 2.00 bits per heavy atom. The normalized spacial score (nSPS) is 9.55. The smallest absolute Gasteiger partial charge is 0.0292 e. The maximum absolute atomic E-state index is 3.64. The molecular weight excluding hydrogens is 134 g/mol. The van der Waals surface area contributed by atoms with Crippen molar-refractivity contribution in [2.24, 2.45) is 4.99 Å². The molecular formula is C10H19N. The molecule has 0 heterocycles. The van der Waals surface area contributed by atoms with E-state index in [0.717, 1.165) is 18.4 Å². The van der Waals surface area contributed by atoms with Crippen molar-refractivity contribution in [1.82, 2.24) is 0 Å². The first-order valence-corrected chi connectivity index (χ1v) is 4.12. The zero-order valence-electron chi connectivity index (χ0n) is 7.93. The molecule has 0 amide bonds. The molecule has 0 saturated carbocycles. The van der Waals surface area contributed by atoms with E-state index in [1.165, 1.54) is 0 Å². The van der Waals surface area contributed by atoms with Crippen molar-refractivity contribution in [3.8, 4) is 0 Å². The molecule has 0 aromatic carbocycles. The van der Waals surface area contributed by atoms with Crippen molar-refractivity contribution >= 4 is 6.72 Å². The molecule has 0 atom stereocenters. The maximum atomic E-state index is 3.64. The molecule has 1 heteroatoms. The van der Waals surface area contributed by atoms with Gasteiger partial charge in [-0.15, -0.1) is 0 Å². The molecule has 0 rings (SSSR count). The lowest BCUT2D eigenvalue weighted by Gasteiger charge is -1.93. The predicted molar refractivity (Wildman–Crippen MR) is 54.1 cm³/mol. The highest BCUT2D eigenvalue weighted by atomic mass is 14.6. The first-order chi connectivity index (χ1) is 5.35. The fourth-order valence-electron chi connectivity index (χ4n) is 0.625. The molecule has 0 aromatic rings. The number of hydrogen-bond donors (Lipinski definition) is 0. The van der Waals surface area contributed by atoms with Gasteiger partial charge in [0.15, 0.2) is 0 Å². The Morgan fingerprint density at radius 3 is 2.27 bits per heavy atom. The molecule has 0 aromatic heterocycles. The molecule has 0 saturated heterocycles. The lowest BCUT2D eigenvalue weighted by atomic mass is 10.2. The monoisotopic (exact) mass is 153 g/mol. The second-order valence-corrected chi connectivity index (χ2v) is 1.84. The average molecular weight is 153 g/mol. The Balaban J connectivity index is 0. The third-order valence-electron chi connectivity index (χ3n) is 1.06. The minimum atomic E-state index is 1.04. The molecule has 0 radical (unpaired) electrons. The summed E-state index contributed by atoms with van der Waals surface area (Å²) >= 11 is 0. The number of aliphatic imine (C=N–C) groups is 1. The van der Waals surface area contributed by atoms with Crippen LogP contribution < -0.4 is 0 Å². The van der Waals surface area contributed by atoms with Gasteiger partial charge in [-0.3, -0.25) is 4.99 Å². The van der Waals surface area contributed by atoms with Crippen LogP contribution in [0.3, 0.4) is 0 Å². The summed E-state index contributed by atoms with van der Waals surface area (Å²) in [5.74, 6) is 0. The second kappa shape index (κ2) is 11.9. The van der Waals surface area contributed by atoms with Gasteiger partial charge in [-0.2, -0.15) is 0 Å². The van der Waals surface area contributed by atoms with Crippen LogP contribution in [-0.2, 0) is 0 Å². The highest BCUT2D eigenvalue weighted by molar-refractivity contribution is 5.28. The van der Waals surface area contributed by atoms with Crippen LogP contribution in [0.15, 0.2) is 29.4 Å². The molecule has 0 aliphatic rings. The van der Waals surface area contributed by atoms with Gasteiger partial charge in [0.2, 0.25) is 0 Å². The van der Waals surface area contributed by atoms with Gasteiger partial charge < -0.3 is 0 Å². The van der Waals surface area contributed by atoms with Crippen molar-refractivity contribution in [2.75, 3.05) is 0 Å². The lowest BCUT2D eigenvalue weighted by molar-refractivity contribution is 0.923. The van der Waals surface area contributed by atoms with Crippen molar-refractivity contribution < 1.29 is 0 Å². The second-order valence-electron chi connectivity index (χ2n) is 1.84. The summed E-state index contributed by atoms with van der Waals surface area (Å²) in [7, 11) is 0. The molecule has 0 unspecified atom stereocenters. The standard InChI is InChI=1S/C8H13N.C2H6/c1-4-6-8(5-2)7-9-3;1-2/h5,7H,2-4,6H2,1H3;1-2H3/b8-7+;. The van der Waals surface area contributed by atoms with E-state index in [4.69, 9.17) is 0 Å². The number of nitrogens with zero attached hydrogens (tertiary/aromatic N) is 1. The fourth-order valence-corrected chi connectivity index (χ4v) is 0.625. The Bertz CT molecular complexity index is 123. The van der Waals surface area contributed by atoms with Gasteiger partial charge in [0.05, 0.1) is 0 Å². The molecule has 0 N–H and O–H groups in total. The van der Waals surface area contributed by atoms with Gasteiger partial charge >= 0.3 is 0 Å². The quantitative estimate of drug-likeness (QED) is 0.432. The van der Waals surface area contributed by atoms with Gasteiger partial charge in [-0.1, -0.05) is 39.8 Å². The number of allylic oxidation sites excluding steroid dienone is 2. The van der Waals surface area contributed by atoms with Gasteiger partial charge in [-0.05, 0) is 18.7 Å². The van der Waals surface area contributed by atoms with Crippen LogP contribution >= 0.6 is 0 Å². The number of hydrogen-bond acceptors (Lipinski definition) is 1. The van der Waals surface area contributed by atoms with Crippen LogP contribution in [0.25, 0.3) is 0 Å². The van der Waals surface area contributed by atoms with Crippen LogP contribution in [-0.4, -0.2) is 6.72 Å². The third kappa shape index (κ3) is 9.15. The van der Waals surface area contributed by atoms with E-state index < -0.39 is 0 Å². The van der Waals surface area contributed by atoms with Crippen LogP contribution in [0, 0.1) is 0 Å². The average Bonchev–Trinajstić information content (AvgIpc) is 2.08. The summed E-state index contributed by atoms with van der Waals surface area (Å²) in [4.78, 5) is 3.64. The maximum Gasteiger partial charge on any atom is 0.0292 e. The molecule has 64 valence electrons. The van der Waals surface area contributed by atoms with E-state index in [1.54, 1.807) is 6.20 Å². The largest absolute Gasteiger partial charge is 0.272 e. The summed E-state index contributed by atoms with van der Waals surface area (Å²) in [6.45, 7) is 13.1. The van der Waals surface area contributed by atoms with Gasteiger partial charge in [0.25, 0.3) is 0 Å². The summed E-state index contributed by atoms with van der Waals surface area (Å²) in [6, 6.07) is 0. The van der Waals surface area contributed by atoms with E-state index >= 15 is 0 Å². The Hall–Kier alpha value is -0.850. The van der Waals surface area contributed by atoms with E-state index in [-0.39, 0.29) is 0 Å². The van der Waals surface area contributed by atoms with Gasteiger partial charge in [0, 0.05) is 6.20 Å². The predicted octanol–water partition coefficient (Wildman–Crippen LogP) is 3.58. The minimum Gasteiger partial charge on any atom is -0.272 e. The molecule has 1 nitrogen and oxygen atoms in total. The lowest BCUT2D eigenvalue weighted by Crippen LogP contribution is -1.73. The van der Waals surface area contributed by atoms with Gasteiger partial charge in [0.1, 0.15) is 0 Å². The first kappa shape index (κ1) is 12.8. The summed E-state index contributed by atoms with van der Waals surface area (Å²) in [6.07, 6.45) is 5.74. The van der Waals surface area contributed by atoms with E-state index in [0.29, 0.717) is 0 Å². The van der Waals surface area contributed by atoms with Crippen molar-refractivity contribution in [3.63, 3.8) is 0 Å². The Kier molecular flexibility index (Phi) is 13.8. The van der Waals surface area contributed by atoms with E-state index in [1.807, 2.05) is 19.9 Å². The van der Waals surface area contributed by atoms with Crippen molar-refractivity contribution in [3.05, 3.63) is 24.4 Å². The Morgan fingerprint density at radius 1 is 1.45 bits per heavy atom. The molecule has 0 aliphatic heterocycles. The zero-order chi connectivity index (χ0) is 9.11. The SMILES string of the molecule is C=C/C(=C\N=C)CCC.CC. The fraction of sp³-hybridized carbons (Fsp3) is 0.500. The third-order valence-corrected chi connectivity index (χ3v) is 1.06. The van der Waals surface area contributed by atoms with Crippen LogP contribution in [0.1, 0.15) is 33.6 Å². The molecule has 0 spiro atoms. The Labute approximate surface area is 70.5 Å². The summed E-state index contributed by atoms with van der Waals surface area (Å²) < 4.78 is 0. The van der Waals surface area contributed by atoms with E-state index in [9.17, 15) is 0 Å². The van der Waals surface area contributed by atoms with Crippen LogP contribution in [0.2, 0.25) is 0 Å². The van der Waals surface area contributed by atoms with Crippen LogP contribution in [0.5, 0.6) is 0 Å². The van der Waals surface area contributed by atoms with Crippen LogP contribution in [0.4, 0.5) is 0 Å². The molecule has 11 heavy (non-hydrogen) atoms. The topological polar surface area (TPSA) is 12.4 Å². The summed E-state index contributed by atoms with van der Waals surface area (Å²) in [5.41, 5.74) is 1.16. The highest BCUT2D eigenvalue weighted by Gasteiger charge is 1.85. The summed E-state index contributed by atoms with van der Waals surface area (Å²) in [5, 5.41) is 0. The zero-order valence-corrected chi connectivity index (χ0v) is 7.93. The number of rotatable bonds is 4. The van der Waals surface area contributed by atoms with Crippen molar-refractivity contribution in [1.29, 1.82) is 0 Å². The molecule has 0 aliphatic carbocycles.